The Morgan fingerprint density at radius 2 is 1.87 bits per heavy atom. The average molecular weight is 412 g/mol. The van der Waals surface area contributed by atoms with Gasteiger partial charge in [-0.25, -0.2) is 9.37 Å². The molecule has 0 bridgehead atoms. The highest BCUT2D eigenvalue weighted by atomic mass is 19.1. The van der Waals surface area contributed by atoms with Crippen molar-refractivity contribution < 1.29 is 14.3 Å². The zero-order valence-electron chi connectivity index (χ0n) is 17.9. The molecule has 1 aromatic carbocycles. The van der Waals surface area contributed by atoms with Gasteiger partial charge in [-0.2, -0.15) is 0 Å². The number of hydrogen-bond donors (Lipinski definition) is 1. The maximum Gasteiger partial charge on any atom is 0.310 e. The van der Waals surface area contributed by atoms with Crippen LogP contribution in [0, 0.1) is 11.2 Å². The topological polar surface area (TPSA) is 56.7 Å². The Morgan fingerprint density at radius 3 is 2.40 bits per heavy atom. The summed E-state index contributed by atoms with van der Waals surface area (Å²) in [5, 5.41) is 10.0. The Morgan fingerprint density at radius 1 is 1.17 bits per heavy atom. The molecular weight excluding hydrogens is 381 g/mol. The van der Waals surface area contributed by atoms with Crippen molar-refractivity contribution in [1.82, 2.24) is 9.88 Å². The zero-order chi connectivity index (χ0) is 21.5. The van der Waals surface area contributed by atoms with Gasteiger partial charge in [0.25, 0.3) is 0 Å². The van der Waals surface area contributed by atoms with Crippen LogP contribution in [0.3, 0.4) is 0 Å². The molecule has 4 rings (SSSR count). The molecule has 6 heteroatoms. The molecule has 160 valence electrons. The second kappa shape index (κ2) is 7.99. The second-order valence-corrected chi connectivity index (χ2v) is 8.74. The number of halogens is 1. The normalized spacial score (nSPS) is 26.8. The number of aliphatic carboxylic acids is 1. The molecule has 1 N–H and O–H groups in total. The molecule has 0 spiro atoms. The summed E-state index contributed by atoms with van der Waals surface area (Å²) in [5.41, 5.74) is 0.381. The third kappa shape index (κ3) is 3.37. The summed E-state index contributed by atoms with van der Waals surface area (Å²) in [4.78, 5) is 21.6. The molecule has 1 saturated carbocycles. The molecule has 1 aliphatic carbocycles. The smallest absolute Gasteiger partial charge is 0.310 e. The van der Waals surface area contributed by atoms with Crippen molar-refractivity contribution in [2.24, 2.45) is 5.41 Å². The van der Waals surface area contributed by atoms with Crippen LogP contribution in [0.25, 0.3) is 0 Å². The van der Waals surface area contributed by atoms with Gasteiger partial charge in [-0.15, -0.1) is 0 Å². The maximum atomic E-state index is 14.5. The number of carboxylic acids is 1. The van der Waals surface area contributed by atoms with Crippen molar-refractivity contribution in [3.63, 3.8) is 0 Å². The molecule has 2 heterocycles. The Balaban J connectivity index is 1.57. The number of piperazine rings is 1. The van der Waals surface area contributed by atoms with E-state index in [0.717, 1.165) is 37.6 Å². The van der Waals surface area contributed by atoms with Gasteiger partial charge in [0, 0.05) is 50.3 Å². The first-order valence-corrected chi connectivity index (χ1v) is 10.8. The lowest BCUT2D eigenvalue weighted by molar-refractivity contribution is -0.143. The van der Waals surface area contributed by atoms with Crippen LogP contribution in [0.1, 0.15) is 50.2 Å². The van der Waals surface area contributed by atoms with Crippen LogP contribution in [-0.4, -0.2) is 53.2 Å². The van der Waals surface area contributed by atoms with Crippen molar-refractivity contribution >= 4 is 11.8 Å². The summed E-state index contributed by atoms with van der Waals surface area (Å²) in [5.74, 6) is -0.920. The van der Waals surface area contributed by atoms with Gasteiger partial charge in [-0.3, -0.25) is 9.69 Å². The van der Waals surface area contributed by atoms with E-state index in [1.54, 1.807) is 24.4 Å². The van der Waals surface area contributed by atoms with E-state index in [1.807, 2.05) is 19.1 Å². The highest BCUT2D eigenvalue weighted by molar-refractivity contribution is 5.84. The van der Waals surface area contributed by atoms with E-state index >= 15 is 0 Å². The van der Waals surface area contributed by atoms with E-state index in [4.69, 9.17) is 0 Å². The fourth-order valence-corrected chi connectivity index (χ4v) is 5.21. The summed E-state index contributed by atoms with van der Waals surface area (Å²) in [6, 6.07) is 11.0. The second-order valence-electron chi connectivity index (χ2n) is 8.74. The lowest BCUT2D eigenvalue weighted by Crippen LogP contribution is -2.49. The summed E-state index contributed by atoms with van der Waals surface area (Å²) >= 11 is 0. The molecule has 2 aromatic rings. The first kappa shape index (κ1) is 20.8. The number of carboxylic acid groups (broad SMARTS) is 1. The highest BCUT2D eigenvalue weighted by Gasteiger charge is 2.70. The molecule has 0 amide bonds. The number of pyridine rings is 1. The van der Waals surface area contributed by atoms with Crippen molar-refractivity contribution in [2.45, 2.75) is 45.1 Å². The average Bonchev–Trinajstić information content (AvgIpc) is 3.44. The van der Waals surface area contributed by atoms with Gasteiger partial charge in [0.1, 0.15) is 11.6 Å². The van der Waals surface area contributed by atoms with E-state index in [2.05, 4.69) is 28.6 Å². The fourth-order valence-electron chi connectivity index (χ4n) is 5.21. The molecule has 1 aromatic heterocycles. The molecule has 2 fully saturated rings. The van der Waals surface area contributed by atoms with Crippen molar-refractivity contribution in [3.8, 4) is 0 Å². The molecule has 1 aliphatic heterocycles. The SMILES string of the molecule is CCC1(C(=O)O)C(c2ccc(N3CCN(C(C)C)CC3)nc2)C1c1ccccc1F. The molecular formula is C24H30FN3O2. The maximum absolute atomic E-state index is 14.5. The van der Waals surface area contributed by atoms with Crippen molar-refractivity contribution in [1.29, 1.82) is 0 Å². The summed E-state index contributed by atoms with van der Waals surface area (Å²) in [7, 11) is 0. The first-order chi connectivity index (χ1) is 14.4. The van der Waals surface area contributed by atoms with Gasteiger partial charge in [0.15, 0.2) is 0 Å². The molecule has 30 heavy (non-hydrogen) atoms. The number of aromatic nitrogens is 1. The van der Waals surface area contributed by atoms with Gasteiger partial charge in [-0.05, 0) is 43.5 Å². The summed E-state index contributed by atoms with van der Waals surface area (Å²) < 4.78 is 14.5. The monoisotopic (exact) mass is 411 g/mol. The molecule has 2 aliphatic rings. The van der Waals surface area contributed by atoms with Gasteiger partial charge in [0.2, 0.25) is 0 Å². The van der Waals surface area contributed by atoms with Crippen molar-refractivity contribution in [2.75, 3.05) is 31.1 Å². The predicted octanol–water partition coefficient (Wildman–Crippen LogP) is 4.11. The van der Waals surface area contributed by atoms with Crippen LogP contribution in [0.15, 0.2) is 42.6 Å². The van der Waals surface area contributed by atoms with Crippen LogP contribution in [-0.2, 0) is 4.79 Å². The third-order valence-corrected chi connectivity index (χ3v) is 7.06. The molecule has 5 nitrogen and oxygen atoms in total. The van der Waals surface area contributed by atoms with Crippen LogP contribution < -0.4 is 4.90 Å². The lowest BCUT2D eigenvalue weighted by atomic mass is 9.95. The van der Waals surface area contributed by atoms with Gasteiger partial charge in [0.05, 0.1) is 5.41 Å². The van der Waals surface area contributed by atoms with E-state index < -0.39 is 11.4 Å². The van der Waals surface area contributed by atoms with Crippen molar-refractivity contribution in [3.05, 3.63) is 59.5 Å². The number of anilines is 1. The fraction of sp³-hybridized carbons (Fsp3) is 0.500. The minimum Gasteiger partial charge on any atom is -0.481 e. The molecule has 3 unspecified atom stereocenters. The van der Waals surface area contributed by atoms with E-state index in [-0.39, 0.29) is 17.7 Å². The lowest BCUT2D eigenvalue weighted by Gasteiger charge is -2.37. The number of carbonyl (C=O) groups is 1. The first-order valence-electron chi connectivity index (χ1n) is 10.8. The Hall–Kier alpha value is -2.47. The molecule has 3 atom stereocenters. The Labute approximate surface area is 177 Å². The Bertz CT molecular complexity index is 909. The summed E-state index contributed by atoms with van der Waals surface area (Å²) in [6.07, 6.45) is 2.24. The number of hydrogen-bond acceptors (Lipinski definition) is 4. The largest absolute Gasteiger partial charge is 0.481 e. The highest BCUT2D eigenvalue weighted by Crippen LogP contribution is 2.72. The van der Waals surface area contributed by atoms with Crippen LogP contribution >= 0.6 is 0 Å². The van der Waals surface area contributed by atoms with Crippen LogP contribution in [0.4, 0.5) is 10.2 Å². The van der Waals surface area contributed by atoms with E-state index in [0.29, 0.717) is 18.0 Å². The minimum absolute atomic E-state index is 0.267. The van der Waals surface area contributed by atoms with Gasteiger partial charge < -0.3 is 10.0 Å². The number of rotatable bonds is 6. The summed E-state index contributed by atoms with van der Waals surface area (Å²) in [6.45, 7) is 10.2. The van der Waals surface area contributed by atoms with E-state index in [9.17, 15) is 14.3 Å². The zero-order valence-corrected chi connectivity index (χ0v) is 17.9. The van der Waals surface area contributed by atoms with E-state index in [1.165, 1.54) is 6.07 Å². The van der Waals surface area contributed by atoms with Gasteiger partial charge in [-0.1, -0.05) is 31.2 Å². The van der Waals surface area contributed by atoms with Crippen LogP contribution in [0.5, 0.6) is 0 Å². The minimum atomic E-state index is -0.978. The molecule has 1 saturated heterocycles. The van der Waals surface area contributed by atoms with Crippen LogP contribution in [0.2, 0.25) is 0 Å². The predicted molar refractivity (Wildman–Crippen MR) is 115 cm³/mol. The third-order valence-electron chi connectivity index (χ3n) is 7.06. The molecule has 0 radical (unpaired) electrons. The van der Waals surface area contributed by atoms with Gasteiger partial charge >= 0.3 is 5.97 Å². The Kier molecular flexibility index (Phi) is 5.53. The number of benzene rings is 1. The standard InChI is InChI=1S/C24H30FN3O2/c1-4-24(23(29)30)21(22(24)18-7-5-6-8-19(18)25)17-9-10-20(26-15-17)28-13-11-27(12-14-28)16(2)3/h5-10,15-16,21-22H,4,11-14H2,1-3H3,(H,29,30). The number of nitrogens with zero attached hydrogens (tertiary/aromatic N) is 3. The quantitative estimate of drug-likeness (QED) is 0.775.